The summed E-state index contributed by atoms with van der Waals surface area (Å²) in [5.74, 6) is 1.50. The molecule has 23 heavy (non-hydrogen) atoms. The molecule has 1 heterocycles. The summed E-state index contributed by atoms with van der Waals surface area (Å²) in [6, 6.07) is 8.48. The lowest BCUT2D eigenvalue weighted by molar-refractivity contribution is 0.0950. The molecule has 2 rings (SSSR count). The molecule has 0 bridgehead atoms. The third-order valence-electron chi connectivity index (χ3n) is 3.04. The van der Waals surface area contributed by atoms with Crippen molar-refractivity contribution in [1.82, 2.24) is 15.3 Å². The fraction of sp³-hybridized carbons (Fsp3) is 0.312. The number of nitrogens with zero attached hydrogens (tertiary/aromatic N) is 2. The molecule has 0 unspecified atom stereocenters. The first kappa shape index (κ1) is 18.1. The summed E-state index contributed by atoms with van der Waals surface area (Å²) in [4.78, 5) is 20.3. The molecule has 2 aromatic rings. The molecule has 0 saturated carbocycles. The van der Waals surface area contributed by atoms with Crippen LogP contribution in [-0.4, -0.2) is 34.4 Å². The van der Waals surface area contributed by atoms with E-state index in [2.05, 4.69) is 46.5 Å². The maximum atomic E-state index is 12.1. The number of carbonyl (C=O) groups excluding carboxylic acids is 1. The highest BCUT2D eigenvalue weighted by Gasteiger charge is 2.13. The summed E-state index contributed by atoms with van der Waals surface area (Å²) in [7, 11) is 0. The van der Waals surface area contributed by atoms with Gasteiger partial charge in [-0.2, -0.15) is 11.8 Å². The minimum absolute atomic E-state index is 0.231. The van der Waals surface area contributed by atoms with Gasteiger partial charge in [0.1, 0.15) is 0 Å². The zero-order valence-electron chi connectivity index (χ0n) is 13.0. The quantitative estimate of drug-likeness (QED) is 0.458. The highest BCUT2D eigenvalue weighted by Crippen LogP contribution is 2.16. The maximum Gasteiger partial charge on any atom is 0.271 e. The van der Waals surface area contributed by atoms with E-state index in [-0.39, 0.29) is 16.6 Å². The largest absolute Gasteiger partial charge is 0.350 e. The molecule has 1 amide bonds. The van der Waals surface area contributed by atoms with Gasteiger partial charge in [0.15, 0.2) is 10.9 Å². The Morgan fingerprint density at radius 3 is 2.74 bits per heavy atom. The van der Waals surface area contributed by atoms with Crippen molar-refractivity contribution in [1.29, 1.82) is 0 Å². The molecule has 0 atom stereocenters. The van der Waals surface area contributed by atoms with Gasteiger partial charge in [-0.05, 0) is 18.7 Å². The van der Waals surface area contributed by atoms with Crippen LogP contribution < -0.4 is 5.32 Å². The van der Waals surface area contributed by atoms with Crippen molar-refractivity contribution in [2.45, 2.75) is 17.8 Å². The fourth-order valence-corrected chi connectivity index (χ4v) is 3.14. The molecule has 7 heteroatoms. The van der Waals surface area contributed by atoms with Gasteiger partial charge in [-0.15, -0.1) is 0 Å². The topological polar surface area (TPSA) is 54.9 Å². The highest BCUT2D eigenvalue weighted by atomic mass is 35.5. The van der Waals surface area contributed by atoms with Crippen molar-refractivity contribution < 1.29 is 4.79 Å². The van der Waals surface area contributed by atoms with Crippen molar-refractivity contribution in [2.24, 2.45) is 0 Å². The van der Waals surface area contributed by atoms with E-state index in [1.807, 2.05) is 6.26 Å². The van der Waals surface area contributed by atoms with Gasteiger partial charge in [0.05, 0.1) is 11.2 Å². The van der Waals surface area contributed by atoms with E-state index < -0.39 is 0 Å². The molecule has 0 aliphatic heterocycles. The highest BCUT2D eigenvalue weighted by molar-refractivity contribution is 7.98. The van der Waals surface area contributed by atoms with Gasteiger partial charge >= 0.3 is 0 Å². The summed E-state index contributed by atoms with van der Waals surface area (Å²) in [6.45, 7) is 2.65. The first-order valence-electron chi connectivity index (χ1n) is 7.08. The van der Waals surface area contributed by atoms with Crippen LogP contribution in [0.25, 0.3) is 0 Å². The molecule has 0 aliphatic carbocycles. The standard InChI is InChI=1S/C16H18ClN3OS2/c1-11-3-5-12(6-4-11)10-23-8-7-18-15(21)14-13(17)9-19-16(20-14)22-2/h3-6,9H,7-8,10H2,1-2H3,(H,18,21). The number of thioether (sulfide) groups is 2. The molecule has 0 saturated heterocycles. The number of benzene rings is 1. The minimum atomic E-state index is -0.261. The van der Waals surface area contributed by atoms with E-state index >= 15 is 0 Å². The number of aryl methyl sites for hydroxylation is 1. The van der Waals surface area contributed by atoms with Gasteiger partial charge in [-0.25, -0.2) is 9.97 Å². The number of hydrogen-bond donors (Lipinski definition) is 1. The fourth-order valence-electron chi connectivity index (χ4n) is 1.80. The number of halogens is 1. The van der Waals surface area contributed by atoms with E-state index in [1.165, 1.54) is 29.1 Å². The van der Waals surface area contributed by atoms with Gasteiger partial charge in [0.2, 0.25) is 0 Å². The molecule has 1 aromatic heterocycles. The Balaban J connectivity index is 1.75. The Hall–Kier alpha value is -1.24. The number of nitrogens with one attached hydrogen (secondary N) is 1. The van der Waals surface area contributed by atoms with Crippen molar-refractivity contribution in [3.63, 3.8) is 0 Å². The first-order valence-corrected chi connectivity index (χ1v) is 9.84. The Morgan fingerprint density at radius 2 is 2.04 bits per heavy atom. The number of aromatic nitrogens is 2. The van der Waals surface area contributed by atoms with Gasteiger partial charge < -0.3 is 5.32 Å². The second-order valence-corrected chi connectivity index (χ2v) is 7.13. The number of rotatable bonds is 7. The predicted octanol–water partition coefficient (Wildman–Crippen LogP) is 3.82. The smallest absolute Gasteiger partial charge is 0.271 e. The summed E-state index contributed by atoms with van der Waals surface area (Å²) in [6.07, 6.45) is 3.31. The van der Waals surface area contributed by atoms with E-state index in [4.69, 9.17) is 11.6 Å². The van der Waals surface area contributed by atoms with E-state index in [0.29, 0.717) is 11.7 Å². The second kappa shape index (κ2) is 9.15. The zero-order valence-corrected chi connectivity index (χ0v) is 15.4. The third kappa shape index (κ3) is 5.71. The molecule has 122 valence electrons. The molecule has 0 radical (unpaired) electrons. The molecular weight excluding hydrogens is 350 g/mol. The van der Waals surface area contributed by atoms with Crippen LogP contribution in [0.5, 0.6) is 0 Å². The third-order valence-corrected chi connectivity index (χ3v) is 4.91. The Labute approximate surface area is 149 Å². The summed E-state index contributed by atoms with van der Waals surface area (Å²) in [5, 5.41) is 3.65. The van der Waals surface area contributed by atoms with Gasteiger partial charge in [-0.3, -0.25) is 4.79 Å². The van der Waals surface area contributed by atoms with Gasteiger partial charge in [-0.1, -0.05) is 53.2 Å². The number of carbonyl (C=O) groups is 1. The Kier molecular flexibility index (Phi) is 7.20. The first-order chi connectivity index (χ1) is 11.1. The number of hydrogen-bond acceptors (Lipinski definition) is 5. The lowest BCUT2D eigenvalue weighted by atomic mass is 10.2. The summed E-state index contributed by atoms with van der Waals surface area (Å²) in [5.41, 5.74) is 2.78. The van der Waals surface area contributed by atoms with Crippen molar-refractivity contribution in [3.8, 4) is 0 Å². The van der Waals surface area contributed by atoms with E-state index in [0.717, 1.165) is 11.5 Å². The van der Waals surface area contributed by atoms with Crippen molar-refractivity contribution in [2.75, 3.05) is 18.6 Å². The maximum absolute atomic E-state index is 12.1. The molecule has 1 aromatic carbocycles. The average molecular weight is 368 g/mol. The summed E-state index contributed by atoms with van der Waals surface area (Å²) < 4.78 is 0. The molecule has 0 fully saturated rings. The SMILES string of the molecule is CSc1ncc(Cl)c(C(=O)NCCSCc2ccc(C)cc2)n1. The Morgan fingerprint density at radius 1 is 1.30 bits per heavy atom. The monoisotopic (exact) mass is 367 g/mol. The van der Waals surface area contributed by atoms with Crippen LogP contribution in [0.3, 0.4) is 0 Å². The van der Waals surface area contributed by atoms with Crippen LogP contribution in [0.15, 0.2) is 35.6 Å². The van der Waals surface area contributed by atoms with Crippen LogP contribution in [0.1, 0.15) is 21.6 Å². The van der Waals surface area contributed by atoms with Crippen LogP contribution in [0.2, 0.25) is 5.02 Å². The van der Waals surface area contributed by atoms with Gasteiger partial charge in [0.25, 0.3) is 5.91 Å². The minimum Gasteiger partial charge on any atom is -0.350 e. The average Bonchev–Trinajstić information content (AvgIpc) is 2.56. The molecule has 1 N–H and O–H groups in total. The zero-order chi connectivity index (χ0) is 16.7. The van der Waals surface area contributed by atoms with Crippen LogP contribution in [0, 0.1) is 6.92 Å². The van der Waals surface area contributed by atoms with E-state index in [1.54, 1.807) is 11.8 Å². The molecule has 0 aliphatic rings. The molecule has 0 spiro atoms. The Bertz CT molecular complexity index is 665. The summed E-state index contributed by atoms with van der Waals surface area (Å²) >= 11 is 9.13. The van der Waals surface area contributed by atoms with Gasteiger partial charge in [0, 0.05) is 18.1 Å². The van der Waals surface area contributed by atoms with Crippen molar-refractivity contribution in [3.05, 3.63) is 52.3 Å². The van der Waals surface area contributed by atoms with E-state index in [9.17, 15) is 4.79 Å². The number of amides is 1. The van der Waals surface area contributed by atoms with Crippen LogP contribution in [-0.2, 0) is 5.75 Å². The predicted molar refractivity (Wildman–Crippen MR) is 98.5 cm³/mol. The van der Waals surface area contributed by atoms with Crippen molar-refractivity contribution >= 4 is 41.0 Å². The normalized spacial score (nSPS) is 10.6. The lowest BCUT2D eigenvalue weighted by Gasteiger charge is -2.07. The van der Waals surface area contributed by atoms with Crippen LogP contribution >= 0.6 is 35.1 Å². The van der Waals surface area contributed by atoms with Crippen LogP contribution in [0.4, 0.5) is 0 Å². The second-order valence-electron chi connectivity index (χ2n) is 4.85. The molecule has 4 nitrogen and oxygen atoms in total. The lowest BCUT2D eigenvalue weighted by Crippen LogP contribution is -2.27. The molecular formula is C16H18ClN3OS2.